The lowest BCUT2D eigenvalue weighted by Crippen LogP contribution is -2.42. The molecule has 0 saturated carbocycles. The van der Waals surface area contributed by atoms with Crippen molar-refractivity contribution in [3.8, 4) is 0 Å². The molecule has 0 radical (unpaired) electrons. The fraction of sp³-hybridized carbons (Fsp3) is 1.00. The molecule has 0 fully saturated rings. The molecule has 0 bridgehead atoms. The van der Waals surface area contributed by atoms with E-state index in [1.165, 1.54) is 0 Å². The summed E-state index contributed by atoms with van der Waals surface area (Å²) in [5, 5.41) is 0. The van der Waals surface area contributed by atoms with Gasteiger partial charge in [-0.15, -0.1) is 0 Å². The van der Waals surface area contributed by atoms with Gasteiger partial charge >= 0.3 is 8.80 Å². The zero-order valence-electron chi connectivity index (χ0n) is 13.7. The quantitative estimate of drug-likeness (QED) is 0.309. The van der Waals surface area contributed by atoms with Gasteiger partial charge in [-0.1, -0.05) is 0 Å². The lowest BCUT2D eigenvalue weighted by atomic mass is 10.5. The average Bonchev–Trinajstić information content (AvgIpc) is 2.53. The van der Waals surface area contributed by atoms with E-state index in [2.05, 4.69) is 0 Å². The second kappa shape index (κ2) is 14.9. The predicted molar refractivity (Wildman–Crippen MR) is 80.5 cm³/mol. The van der Waals surface area contributed by atoms with E-state index in [-0.39, 0.29) is 0 Å². The Bertz CT molecular complexity index is 206. The van der Waals surface area contributed by atoms with E-state index in [1.54, 1.807) is 28.4 Å². The highest BCUT2D eigenvalue weighted by Crippen LogP contribution is 2.14. The summed E-state index contributed by atoms with van der Waals surface area (Å²) in [6, 6.07) is 0.741. The van der Waals surface area contributed by atoms with E-state index in [4.69, 9.17) is 32.2 Å². The van der Waals surface area contributed by atoms with Gasteiger partial charge in [-0.2, -0.15) is 0 Å². The molecule has 0 amide bonds. The van der Waals surface area contributed by atoms with Crippen LogP contribution < -0.4 is 0 Å². The SMILES string of the molecule is COCCOCCOCCOCCC[Si](OC)(OC)OC. The first-order valence-corrected chi connectivity index (χ1v) is 9.05. The molecule has 0 N–H and O–H groups in total. The van der Waals surface area contributed by atoms with Crippen LogP contribution in [0.3, 0.4) is 0 Å². The Balaban J connectivity index is 3.29. The van der Waals surface area contributed by atoms with Crippen LogP contribution in [0.5, 0.6) is 0 Å². The van der Waals surface area contributed by atoms with Gasteiger partial charge in [0.05, 0.1) is 39.6 Å². The van der Waals surface area contributed by atoms with Crippen LogP contribution in [0, 0.1) is 0 Å². The molecule has 0 aromatic rings. The van der Waals surface area contributed by atoms with E-state index in [1.807, 2.05) is 0 Å². The molecule has 128 valence electrons. The molecule has 0 heterocycles. The van der Waals surface area contributed by atoms with Gasteiger partial charge in [0.15, 0.2) is 0 Å². The second-order valence-electron chi connectivity index (χ2n) is 4.23. The molecule has 0 aromatic carbocycles. The fourth-order valence-electron chi connectivity index (χ4n) is 1.63. The van der Waals surface area contributed by atoms with Crippen LogP contribution in [0.15, 0.2) is 0 Å². The van der Waals surface area contributed by atoms with Crippen molar-refractivity contribution in [3.63, 3.8) is 0 Å². The van der Waals surface area contributed by atoms with Gasteiger partial charge in [-0.05, 0) is 6.42 Å². The van der Waals surface area contributed by atoms with E-state index >= 15 is 0 Å². The Morgan fingerprint density at radius 3 is 1.43 bits per heavy atom. The van der Waals surface area contributed by atoms with Crippen molar-refractivity contribution >= 4 is 8.80 Å². The zero-order valence-corrected chi connectivity index (χ0v) is 14.7. The third kappa shape index (κ3) is 11.2. The van der Waals surface area contributed by atoms with Gasteiger partial charge in [0.1, 0.15) is 0 Å². The van der Waals surface area contributed by atoms with Gasteiger partial charge in [-0.3, -0.25) is 0 Å². The van der Waals surface area contributed by atoms with E-state index in [0.717, 1.165) is 12.5 Å². The summed E-state index contributed by atoms with van der Waals surface area (Å²) in [6.07, 6.45) is 0.835. The van der Waals surface area contributed by atoms with Crippen LogP contribution in [0.25, 0.3) is 0 Å². The van der Waals surface area contributed by atoms with Crippen molar-refractivity contribution in [2.24, 2.45) is 0 Å². The molecule has 0 unspecified atom stereocenters. The smallest absolute Gasteiger partial charge is 0.382 e. The van der Waals surface area contributed by atoms with E-state index in [9.17, 15) is 0 Å². The number of rotatable bonds is 16. The molecule has 7 nitrogen and oxygen atoms in total. The monoisotopic (exact) mass is 326 g/mol. The van der Waals surface area contributed by atoms with E-state index in [0.29, 0.717) is 46.2 Å². The Morgan fingerprint density at radius 1 is 0.571 bits per heavy atom. The Hall–Kier alpha value is -0.0631. The molecule has 0 aromatic heterocycles. The van der Waals surface area contributed by atoms with Crippen molar-refractivity contribution in [1.82, 2.24) is 0 Å². The first-order chi connectivity index (χ1) is 10.2. The zero-order chi connectivity index (χ0) is 15.8. The molecular weight excluding hydrogens is 296 g/mol. The minimum absolute atomic E-state index is 0.565. The van der Waals surface area contributed by atoms with Crippen molar-refractivity contribution in [3.05, 3.63) is 0 Å². The van der Waals surface area contributed by atoms with Gasteiger partial charge < -0.3 is 32.2 Å². The third-order valence-electron chi connectivity index (χ3n) is 2.88. The second-order valence-corrected chi connectivity index (χ2v) is 7.32. The average molecular weight is 326 g/mol. The Labute approximate surface area is 129 Å². The van der Waals surface area contributed by atoms with Crippen molar-refractivity contribution in [2.45, 2.75) is 12.5 Å². The topological polar surface area (TPSA) is 64.6 Å². The molecule has 8 heteroatoms. The van der Waals surface area contributed by atoms with Crippen LogP contribution in [-0.2, 0) is 32.2 Å². The predicted octanol–water partition coefficient (Wildman–Crippen LogP) is 0.951. The van der Waals surface area contributed by atoms with Crippen LogP contribution in [-0.4, -0.2) is 83.5 Å². The van der Waals surface area contributed by atoms with E-state index < -0.39 is 8.80 Å². The summed E-state index contributed by atoms with van der Waals surface area (Å²) < 4.78 is 37.0. The van der Waals surface area contributed by atoms with Crippen molar-refractivity contribution in [2.75, 3.05) is 74.7 Å². The lowest BCUT2D eigenvalue weighted by Gasteiger charge is -2.24. The molecule has 0 rings (SSSR count). The lowest BCUT2D eigenvalue weighted by molar-refractivity contribution is 0.00331. The minimum Gasteiger partial charge on any atom is -0.382 e. The number of hydrogen-bond acceptors (Lipinski definition) is 7. The molecular formula is C13H30O7Si. The van der Waals surface area contributed by atoms with Crippen LogP contribution in [0.1, 0.15) is 6.42 Å². The Morgan fingerprint density at radius 2 is 1.00 bits per heavy atom. The summed E-state index contributed by atoms with van der Waals surface area (Å²) in [5.74, 6) is 0. The van der Waals surface area contributed by atoms with Gasteiger partial charge in [0, 0.05) is 41.1 Å². The largest absolute Gasteiger partial charge is 0.500 e. The highest BCUT2D eigenvalue weighted by atomic mass is 28.4. The maximum atomic E-state index is 5.48. The first kappa shape index (κ1) is 20.9. The Kier molecular flexibility index (Phi) is 14.8. The highest BCUT2D eigenvalue weighted by Gasteiger charge is 2.36. The molecule has 0 aliphatic carbocycles. The minimum atomic E-state index is -2.45. The van der Waals surface area contributed by atoms with Gasteiger partial charge in [-0.25, -0.2) is 0 Å². The van der Waals surface area contributed by atoms with Crippen LogP contribution in [0.4, 0.5) is 0 Å². The van der Waals surface area contributed by atoms with Gasteiger partial charge in [0.2, 0.25) is 0 Å². The van der Waals surface area contributed by atoms with Crippen LogP contribution >= 0.6 is 0 Å². The van der Waals surface area contributed by atoms with Crippen molar-refractivity contribution in [1.29, 1.82) is 0 Å². The summed E-state index contributed by atoms with van der Waals surface area (Å²) in [4.78, 5) is 0. The fourth-order valence-corrected chi connectivity index (χ4v) is 3.32. The van der Waals surface area contributed by atoms with Crippen molar-refractivity contribution < 1.29 is 32.2 Å². The number of ether oxygens (including phenoxy) is 4. The molecule has 0 spiro atoms. The normalized spacial score (nSPS) is 12.0. The van der Waals surface area contributed by atoms with Gasteiger partial charge in [0.25, 0.3) is 0 Å². The summed E-state index contributed by atoms with van der Waals surface area (Å²) in [5.41, 5.74) is 0. The molecule has 21 heavy (non-hydrogen) atoms. The molecule has 0 aliphatic rings. The standard InChI is InChI=1S/C13H30O7Si/c1-14-7-8-19-11-12-20-10-9-18-6-5-13-21(15-2,16-3)17-4/h5-13H2,1-4H3. The maximum absolute atomic E-state index is 5.48. The van der Waals surface area contributed by atoms with Crippen LogP contribution in [0.2, 0.25) is 6.04 Å². The maximum Gasteiger partial charge on any atom is 0.500 e. The summed E-state index contributed by atoms with van der Waals surface area (Å²) in [6.45, 7) is 4.12. The molecule has 0 atom stereocenters. The summed E-state index contributed by atoms with van der Waals surface area (Å²) in [7, 11) is 4.04. The highest BCUT2D eigenvalue weighted by molar-refractivity contribution is 6.60. The first-order valence-electron chi connectivity index (χ1n) is 7.12. The number of hydrogen-bond donors (Lipinski definition) is 0. The third-order valence-corrected chi connectivity index (χ3v) is 5.71. The molecule has 0 aliphatic heterocycles. The molecule has 0 saturated heterocycles. The number of methoxy groups -OCH3 is 1. The summed E-state index contributed by atoms with van der Waals surface area (Å²) >= 11 is 0.